The molecule has 0 aromatic rings. The molecule has 0 heterocycles. The molecule has 4 nitrogen and oxygen atoms in total. The molecule has 7 atom stereocenters. The molecule has 0 bridgehead atoms. The molecule has 1 N–H and O–H groups in total. The van der Waals surface area contributed by atoms with Crippen LogP contribution in [0.3, 0.4) is 0 Å². The monoisotopic (exact) mass is 468 g/mol. The van der Waals surface area contributed by atoms with Gasteiger partial charge < -0.3 is 5.11 Å². The molecule has 0 amide bonds. The van der Waals surface area contributed by atoms with Crippen molar-refractivity contribution in [1.82, 2.24) is 0 Å². The van der Waals surface area contributed by atoms with Gasteiger partial charge in [0.2, 0.25) is 0 Å². The number of fused-ring (bicyclic) bond motifs is 5. The van der Waals surface area contributed by atoms with Crippen LogP contribution in [0.1, 0.15) is 99.8 Å². The molecule has 0 aliphatic heterocycles. The van der Waals surface area contributed by atoms with Gasteiger partial charge in [0.25, 0.3) is 0 Å². The smallest absolute Gasteiger partial charge is 0.331 e. The van der Waals surface area contributed by atoms with E-state index in [2.05, 4.69) is 47.6 Å². The van der Waals surface area contributed by atoms with Crippen molar-refractivity contribution in [2.24, 2.45) is 45.3 Å². The summed E-state index contributed by atoms with van der Waals surface area (Å²) in [5.74, 6) is 0.993. The standard InChI is InChI=1S/C30H44O4/c1-18(16-20(31)17-19(2)26(33)34)21-10-14-30(7)23-8-9-24-27(3,4)25(32)12-13-28(24,5)22(23)11-15-29(21,30)6/h8,17-18,21-22,24H,9-16H2,1-7H3,(H,33,34)/b19-17+/t18-,21-,22-,24+,28+,29+,30+/m0/s1. The lowest BCUT2D eigenvalue weighted by Crippen LogP contribution is -2.57. The fourth-order valence-corrected chi connectivity index (χ4v) is 9.29. The summed E-state index contributed by atoms with van der Waals surface area (Å²) in [5.41, 5.74) is 1.97. The second kappa shape index (κ2) is 8.17. The van der Waals surface area contributed by atoms with Crippen LogP contribution in [0.15, 0.2) is 23.3 Å². The first-order valence-electron chi connectivity index (χ1n) is 13.4. The van der Waals surface area contributed by atoms with Crippen LogP contribution in [0.4, 0.5) is 0 Å². The van der Waals surface area contributed by atoms with Crippen molar-refractivity contribution in [3.05, 3.63) is 23.3 Å². The van der Waals surface area contributed by atoms with Gasteiger partial charge in [-0.05, 0) is 91.4 Å². The zero-order valence-electron chi connectivity index (χ0n) is 22.3. The normalized spacial score (nSPS) is 42.2. The highest BCUT2D eigenvalue weighted by Crippen LogP contribution is 2.73. The van der Waals surface area contributed by atoms with Crippen LogP contribution in [-0.2, 0) is 14.4 Å². The van der Waals surface area contributed by atoms with E-state index < -0.39 is 5.97 Å². The number of carboxylic acid groups (broad SMARTS) is 1. The van der Waals surface area contributed by atoms with Crippen molar-refractivity contribution in [3.63, 3.8) is 0 Å². The zero-order valence-corrected chi connectivity index (χ0v) is 22.3. The molecule has 4 aliphatic carbocycles. The number of carboxylic acids is 1. The number of hydrogen-bond acceptors (Lipinski definition) is 3. The predicted molar refractivity (Wildman–Crippen MR) is 134 cm³/mol. The van der Waals surface area contributed by atoms with Gasteiger partial charge in [0.05, 0.1) is 0 Å². The highest BCUT2D eigenvalue weighted by atomic mass is 16.4. The molecule has 0 unspecified atom stereocenters. The molecule has 0 saturated heterocycles. The molecule has 4 heteroatoms. The third kappa shape index (κ3) is 3.49. The number of ketones is 2. The van der Waals surface area contributed by atoms with Crippen molar-refractivity contribution < 1.29 is 19.5 Å². The van der Waals surface area contributed by atoms with Gasteiger partial charge in [-0.2, -0.15) is 0 Å². The molecule has 0 aromatic heterocycles. The lowest BCUT2D eigenvalue weighted by atomic mass is 9.41. The van der Waals surface area contributed by atoms with Crippen LogP contribution >= 0.6 is 0 Å². The van der Waals surface area contributed by atoms with Crippen molar-refractivity contribution in [3.8, 4) is 0 Å². The largest absolute Gasteiger partial charge is 0.478 e. The maximum atomic E-state index is 12.8. The summed E-state index contributed by atoms with van der Waals surface area (Å²) in [6.45, 7) is 15.5. The quantitative estimate of drug-likeness (QED) is 0.356. The second-order valence-electron chi connectivity index (χ2n) is 13.4. The number of carbonyl (C=O) groups excluding carboxylic acids is 2. The van der Waals surface area contributed by atoms with E-state index in [0.29, 0.717) is 36.4 Å². The summed E-state index contributed by atoms with van der Waals surface area (Å²) in [7, 11) is 0. The lowest BCUT2D eigenvalue weighted by molar-refractivity contribution is -0.146. The van der Waals surface area contributed by atoms with Gasteiger partial charge >= 0.3 is 5.97 Å². The lowest BCUT2D eigenvalue weighted by Gasteiger charge is -2.63. The Kier molecular flexibility index (Phi) is 6.10. The highest BCUT2D eigenvalue weighted by molar-refractivity contribution is 5.98. The maximum Gasteiger partial charge on any atom is 0.331 e. The molecule has 3 saturated carbocycles. The Morgan fingerprint density at radius 3 is 2.44 bits per heavy atom. The molecule has 188 valence electrons. The molecule has 0 aromatic carbocycles. The summed E-state index contributed by atoms with van der Waals surface area (Å²) >= 11 is 0. The minimum Gasteiger partial charge on any atom is -0.478 e. The Bertz CT molecular complexity index is 970. The first kappa shape index (κ1) is 25.4. The molecule has 4 rings (SSSR count). The van der Waals surface area contributed by atoms with E-state index in [1.807, 2.05) is 0 Å². The SMILES string of the molecule is C/C(=C\C(=O)C[C@H](C)[C@@H]1CC[C@]2(C)C3=CC[C@@H]4C(C)(C)C(=O)CC[C@]4(C)[C@H]3CC[C@]12C)C(=O)O. The van der Waals surface area contributed by atoms with Crippen LogP contribution in [0.25, 0.3) is 0 Å². The van der Waals surface area contributed by atoms with Crippen molar-refractivity contribution in [2.45, 2.75) is 99.8 Å². The Morgan fingerprint density at radius 2 is 1.79 bits per heavy atom. The van der Waals surface area contributed by atoms with E-state index in [1.54, 1.807) is 5.57 Å². The van der Waals surface area contributed by atoms with Gasteiger partial charge in [0.15, 0.2) is 5.78 Å². The number of allylic oxidation sites excluding steroid dienone is 3. The van der Waals surface area contributed by atoms with E-state index in [9.17, 15) is 14.4 Å². The van der Waals surface area contributed by atoms with Crippen LogP contribution < -0.4 is 0 Å². The first-order chi connectivity index (χ1) is 15.7. The van der Waals surface area contributed by atoms with Crippen molar-refractivity contribution in [1.29, 1.82) is 0 Å². The van der Waals surface area contributed by atoms with Gasteiger partial charge in [0, 0.05) is 23.8 Å². The Hall–Kier alpha value is -1.71. The van der Waals surface area contributed by atoms with Gasteiger partial charge in [-0.15, -0.1) is 0 Å². The van der Waals surface area contributed by atoms with Crippen LogP contribution in [0.2, 0.25) is 0 Å². The number of rotatable bonds is 5. The van der Waals surface area contributed by atoms with E-state index in [-0.39, 0.29) is 38.9 Å². The summed E-state index contributed by atoms with van der Waals surface area (Å²) in [6, 6.07) is 0. The predicted octanol–water partition coefficient (Wildman–Crippen LogP) is 6.79. The van der Waals surface area contributed by atoms with Crippen LogP contribution in [-0.4, -0.2) is 22.6 Å². The van der Waals surface area contributed by atoms with Crippen LogP contribution in [0, 0.1) is 45.3 Å². The highest BCUT2D eigenvalue weighted by Gasteiger charge is 2.65. The minimum absolute atomic E-state index is 0.0698. The summed E-state index contributed by atoms with van der Waals surface area (Å²) in [4.78, 5) is 36.5. The summed E-state index contributed by atoms with van der Waals surface area (Å²) < 4.78 is 0. The van der Waals surface area contributed by atoms with E-state index >= 15 is 0 Å². The van der Waals surface area contributed by atoms with Crippen LogP contribution in [0.5, 0.6) is 0 Å². The number of aliphatic carboxylic acids is 1. The Morgan fingerprint density at radius 1 is 1.12 bits per heavy atom. The summed E-state index contributed by atoms with van der Waals surface area (Å²) in [5, 5.41) is 9.12. The molecule has 34 heavy (non-hydrogen) atoms. The molecular weight excluding hydrogens is 424 g/mol. The van der Waals surface area contributed by atoms with Crippen molar-refractivity contribution in [2.75, 3.05) is 0 Å². The number of Topliss-reactive ketones (excluding diaryl/α,β-unsaturated/α-hetero) is 1. The third-order valence-electron chi connectivity index (χ3n) is 11.6. The average molecular weight is 469 g/mol. The molecular formula is C30H44O4. The first-order valence-corrected chi connectivity index (χ1v) is 13.4. The molecule has 0 radical (unpaired) electrons. The maximum absolute atomic E-state index is 12.8. The van der Waals surface area contributed by atoms with Gasteiger partial charge in [-0.25, -0.2) is 4.79 Å². The fraction of sp³-hybridized carbons (Fsp3) is 0.767. The van der Waals surface area contributed by atoms with E-state index in [1.165, 1.54) is 19.4 Å². The fourth-order valence-electron chi connectivity index (χ4n) is 9.29. The van der Waals surface area contributed by atoms with Gasteiger partial charge in [-0.1, -0.05) is 53.2 Å². The summed E-state index contributed by atoms with van der Waals surface area (Å²) in [6.07, 6.45) is 11.6. The van der Waals surface area contributed by atoms with Gasteiger partial charge in [-0.3, -0.25) is 9.59 Å². The third-order valence-corrected chi connectivity index (χ3v) is 11.6. The van der Waals surface area contributed by atoms with Gasteiger partial charge in [0.1, 0.15) is 5.78 Å². The average Bonchev–Trinajstić information content (AvgIpc) is 3.02. The molecule has 4 aliphatic rings. The second-order valence-corrected chi connectivity index (χ2v) is 13.4. The Balaban J connectivity index is 1.61. The zero-order chi connectivity index (χ0) is 25.3. The number of carbonyl (C=O) groups is 3. The van der Waals surface area contributed by atoms with E-state index in [4.69, 9.17) is 5.11 Å². The Labute approximate surface area is 205 Å². The topological polar surface area (TPSA) is 71.4 Å². The number of hydrogen-bond donors (Lipinski definition) is 1. The molecule has 3 fully saturated rings. The minimum atomic E-state index is -1.02. The van der Waals surface area contributed by atoms with Crippen molar-refractivity contribution >= 4 is 17.5 Å². The van der Waals surface area contributed by atoms with E-state index in [0.717, 1.165) is 32.1 Å². The molecule has 0 spiro atoms.